The molecule has 1 saturated heterocycles. The average Bonchev–Trinajstić information content (AvgIpc) is 3.15. The van der Waals surface area contributed by atoms with Gasteiger partial charge in [0, 0.05) is 30.9 Å². The first-order valence-electron chi connectivity index (χ1n) is 8.52. The minimum absolute atomic E-state index is 0.00249. The Morgan fingerprint density at radius 3 is 2.50 bits per heavy atom. The number of esters is 1. The minimum atomic E-state index is -0.860. The maximum atomic E-state index is 12.2. The number of carbonyl (C=O) groups excluding carboxylic acids is 1. The van der Waals surface area contributed by atoms with Crippen molar-refractivity contribution in [1.29, 1.82) is 0 Å². The molecule has 0 aromatic heterocycles. The van der Waals surface area contributed by atoms with Crippen molar-refractivity contribution in [3.8, 4) is 0 Å². The predicted molar refractivity (Wildman–Crippen MR) is 102 cm³/mol. The number of hydrogen-bond donors (Lipinski definition) is 1. The molecule has 28 heavy (non-hydrogen) atoms. The first-order valence-corrected chi connectivity index (χ1v) is 8.52. The lowest BCUT2D eigenvalue weighted by Gasteiger charge is -2.21. The number of nitro groups is 2. The molecule has 1 aliphatic rings. The zero-order valence-corrected chi connectivity index (χ0v) is 15.0. The van der Waals surface area contributed by atoms with Crippen LogP contribution in [0.5, 0.6) is 0 Å². The van der Waals surface area contributed by atoms with Gasteiger partial charge in [0.15, 0.2) is 0 Å². The summed E-state index contributed by atoms with van der Waals surface area (Å²) in [4.78, 5) is 35.1. The first kappa shape index (κ1) is 19.1. The van der Waals surface area contributed by atoms with Crippen LogP contribution in [0, 0.1) is 20.2 Å². The normalized spacial score (nSPS) is 15.9. The average molecular weight is 386 g/mol. The number of rotatable bonds is 6. The van der Waals surface area contributed by atoms with E-state index in [1.54, 1.807) is 4.90 Å². The quantitative estimate of drug-likeness (QED) is 0.456. The van der Waals surface area contributed by atoms with E-state index in [1.807, 2.05) is 30.3 Å². The molecule has 3 rings (SSSR count). The summed E-state index contributed by atoms with van der Waals surface area (Å²) in [6.07, 6.45) is 0.684. The van der Waals surface area contributed by atoms with E-state index in [1.165, 1.54) is 0 Å². The number of methoxy groups -OCH3 is 1. The van der Waals surface area contributed by atoms with Gasteiger partial charge < -0.3 is 15.0 Å². The molecule has 1 heterocycles. The van der Waals surface area contributed by atoms with Crippen LogP contribution in [0.1, 0.15) is 16.8 Å². The molecule has 0 saturated carbocycles. The van der Waals surface area contributed by atoms with Crippen molar-refractivity contribution >= 4 is 28.7 Å². The largest absolute Gasteiger partial charge is 0.465 e. The lowest BCUT2D eigenvalue weighted by molar-refractivity contribution is -0.393. The second kappa shape index (κ2) is 7.91. The van der Waals surface area contributed by atoms with Crippen LogP contribution in [0.2, 0.25) is 0 Å². The van der Waals surface area contributed by atoms with E-state index in [0.717, 1.165) is 24.9 Å². The topological polar surface area (TPSA) is 128 Å². The second-order valence-electron chi connectivity index (χ2n) is 6.31. The van der Waals surface area contributed by atoms with Gasteiger partial charge in [0.1, 0.15) is 5.69 Å². The Kier molecular flexibility index (Phi) is 5.39. The van der Waals surface area contributed by atoms with Crippen LogP contribution in [-0.2, 0) is 4.74 Å². The Balaban J connectivity index is 1.97. The molecule has 10 nitrogen and oxygen atoms in total. The van der Waals surface area contributed by atoms with Crippen molar-refractivity contribution < 1.29 is 19.4 Å². The van der Waals surface area contributed by atoms with Gasteiger partial charge in [-0.1, -0.05) is 18.2 Å². The number of non-ortho nitro benzene ring substituents is 1. The standard InChI is InChI=1S/C18H18N4O6/c1-28-18(23)15-9-14(21(24)25)10-16(22(26)27)17(15)20-8-7-13(11-20)19-12-5-3-2-4-6-12/h2-6,9-10,13,19H,7-8,11H2,1H3. The van der Waals surface area contributed by atoms with Crippen LogP contribution < -0.4 is 10.2 Å². The third kappa shape index (κ3) is 3.85. The fourth-order valence-electron chi connectivity index (χ4n) is 3.30. The summed E-state index contributed by atoms with van der Waals surface area (Å²) in [6.45, 7) is 0.852. The summed E-state index contributed by atoms with van der Waals surface area (Å²) >= 11 is 0. The van der Waals surface area contributed by atoms with Crippen LogP contribution in [0.4, 0.5) is 22.7 Å². The number of nitro benzene ring substituents is 2. The van der Waals surface area contributed by atoms with Crippen molar-refractivity contribution in [2.45, 2.75) is 12.5 Å². The Bertz CT molecular complexity index is 918. The number of benzene rings is 2. The highest BCUT2D eigenvalue weighted by Crippen LogP contribution is 2.38. The van der Waals surface area contributed by atoms with E-state index >= 15 is 0 Å². The molecular weight excluding hydrogens is 368 g/mol. The highest BCUT2D eigenvalue weighted by molar-refractivity contribution is 5.99. The van der Waals surface area contributed by atoms with E-state index in [0.29, 0.717) is 19.5 Å². The van der Waals surface area contributed by atoms with Gasteiger partial charge in [-0.05, 0) is 18.6 Å². The minimum Gasteiger partial charge on any atom is -0.465 e. The van der Waals surface area contributed by atoms with Gasteiger partial charge in [-0.2, -0.15) is 0 Å². The van der Waals surface area contributed by atoms with Crippen molar-refractivity contribution in [3.05, 3.63) is 68.3 Å². The van der Waals surface area contributed by atoms with Crippen LogP contribution in [-0.4, -0.2) is 42.1 Å². The van der Waals surface area contributed by atoms with Gasteiger partial charge in [-0.3, -0.25) is 20.2 Å². The Hall–Kier alpha value is -3.69. The molecule has 1 N–H and O–H groups in total. The van der Waals surface area contributed by atoms with Gasteiger partial charge in [0.25, 0.3) is 11.4 Å². The zero-order valence-electron chi connectivity index (χ0n) is 15.0. The number of nitrogens with zero attached hydrogens (tertiary/aromatic N) is 3. The lowest BCUT2D eigenvalue weighted by atomic mass is 10.1. The molecule has 1 unspecified atom stereocenters. The van der Waals surface area contributed by atoms with Crippen molar-refractivity contribution in [2.24, 2.45) is 0 Å². The van der Waals surface area contributed by atoms with E-state index < -0.39 is 27.2 Å². The van der Waals surface area contributed by atoms with E-state index in [2.05, 4.69) is 5.32 Å². The fourth-order valence-corrected chi connectivity index (χ4v) is 3.30. The summed E-state index contributed by atoms with van der Waals surface area (Å²) in [5, 5.41) is 26.1. The molecule has 0 amide bonds. The molecule has 0 spiro atoms. The van der Waals surface area contributed by atoms with Crippen molar-refractivity contribution in [3.63, 3.8) is 0 Å². The summed E-state index contributed by atoms with van der Waals surface area (Å²) < 4.78 is 4.70. The van der Waals surface area contributed by atoms with Gasteiger partial charge in [-0.25, -0.2) is 4.79 Å². The fraction of sp³-hybridized carbons (Fsp3) is 0.278. The van der Waals surface area contributed by atoms with Gasteiger partial charge >= 0.3 is 5.97 Å². The first-order chi connectivity index (χ1) is 13.4. The molecule has 10 heteroatoms. The molecular formula is C18H18N4O6. The summed E-state index contributed by atoms with van der Waals surface area (Å²) in [5.41, 5.74) is -0.256. The smallest absolute Gasteiger partial charge is 0.340 e. The van der Waals surface area contributed by atoms with E-state index in [-0.39, 0.29) is 17.3 Å². The molecule has 146 valence electrons. The van der Waals surface area contributed by atoms with Crippen molar-refractivity contribution in [1.82, 2.24) is 0 Å². The van der Waals surface area contributed by atoms with Gasteiger partial charge in [-0.15, -0.1) is 0 Å². The highest BCUT2D eigenvalue weighted by Gasteiger charge is 2.34. The number of carbonyl (C=O) groups is 1. The number of nitrogens with one attached hydrogen (secondary N) is 1. The van der Waals surface area contributed by atoms with Gasteiger partial charge in [0.05, 0.1) is 28.6 Å². The lowest BCUT2D eigenvalue weighted by Crippen LogP contribution is -2.28. The SMILES string of the molecule is COC(=O)c1cc([N+](=O)[O-])cc([N+](=O)[O-])c1N1CCC(Nc2ccccc2)C1. The Labute approximate surface area is 160 Å². The second-order valence-corrected chi connectivity index (χ2v) is 6.31. The number of ether oxygens (including phenoxy) is 1. The third-order valence-corrected chi connectivity index (χ3v) is 4.54. The number of para-hydroxylation sites is 1. The summed E-state index contributed by atoms with van der Waals surface area (Å²) in [5.74, 6) is -0.860. The predicted octanol–water partition coefficient (Wildman–Crippen LogP) is 2.98. The van der Waals surface area contributed by atoms with Crippen LogP contribution in [0.15, 0.2) is 42.5 Å². The zero-order chi connectivity index (χ0) is 20.3. The molecule has 2 aromatic rings. The maximum Gasteiger partial charge on any atom is 0.340 e. The maximum absolute atomic E-state index is 12.2. The molecule has 2 aromatic carbocycles. The van der Waals surface area contributed by atoms with Gasteiger partial charge in [0.2, 0.25) is 0 Å². The summed E-state index contributed by atoms with van der Waals surface area (Å²) in [6, 6.07) is 11.4. The molecule has 1 fully saturated rings. The monoisotopic (exact) mass is 386 g/mol. The molecule has 1 atom stereocenters. The van der Waals surface area contributed by atoms with Crippen LogP contribution in [0.3, 0.4) is 0 Å². The third-order valence-electron chi connectivity index (χ3n) is 4.54. The number of anilines is 2. The van der Waals surface area contributed by atoms with E-state index in [4.69, 9.17) is 4.74 Å². The summed E-state index contributed by atoms with van der Waals surface area (Å²) in [7, 11) is 1.13. The van der Waals surface area contributed by atoms with Crippen LogP contribution in [0.25, 0.3) is 0 Å². The molecule has 0 radical (unpaired) electrons. The van der Waals surface area contributed by atoms with Crippen molar-refractivity contribution in [2.75, 3.05) is 30.4 Å². The molecule has 0 aliphatic carbocycles. The molecule has 1 aliphatic heterocycles. The number of hydrogen-bond acceptors (Lipinski definition) is 8. The Morgan fingerprint density at radius 2 is 1.89 bits per heavy atom. The van der Waals surface area contributed by atoms with Crippen LogP contribution >= 0.6 is 0 Å². The molecule has 0 bridgehead atoms. The van der Waals surface area contributed by atoms with E-state index in [9.17, 15) is 25.0 Å². The Morgan fingerprint density at radius 1 is 1.18 bits per heavy atom. The highest BCUT2D eigenvalue weighted by atomic mass is 16.6.